The molecule has 0 aliphatic heterocycles. The number of hydrogen-bond acceptors (Lipinski definition) is 3. The fraction of sp³-hybridized carbons (Fsp3) is 0.125. The van der Waals surface area contributed by atoms with Crippen LogP contribution in [0.2, 0.25) is 5.02 Å². The Morgan fingerprint density at radius 3 is 2.82 bits per heavy atom. The van der Waals surface area contributed by atoms with Gasteiger partial charge in [0.1, 0.15) is 11.8 Å². The Hall–Kier alpha value is -2.40. The van der Waals surface area contributed by atoms with Gasteiger partial charge in [-0.15, -0.1) is 0 Å². The van der Waals surface area contributed by atoms with Crippen LogP contribution in [0.5, 0.6) is 0 Å². The fourth-order valence-corrected chi connectivity index (χ4v) is 2.56. The lowest BCUT2D eigenvalue weighted by molar-refractivity contribution is -0.108. The van der Waals surface area contributed by atoms with Gasteiger partial charge in [0.25, 0.3) is 0 Å². The molecule has 0 saturated carbocycles. The Balaban J connectivity index is 2.01. The quantitative estimate of drug-likeness (QED) is 0.738. The highest BCUT2D eigenvalue weighted by atomic mass is 35.5. The molecule has 3 rings (SSSR count). The van der Waals surface area contributed by atoms with Crippen molar-refractivity contribution < 1.29 is 9.18 Å². The number of carbonyl (C=O) groups excluding carboxylic acids is 1. The maximum atomic E-state index is 14.6. The number of anilines is 2. The largest absolute Gasteiger partial charge is 0.353 e. The molecule has 0 unspecified atom stereocenters. The zero-order valence-electron chi connectivity index (χ0n) is 11.8. The highest BCUT2D eigenvalue weighted by Gasteiger charge is 2.13. The second-order valence-electron chi connectivity index (χ2n) is 4.94. The monoisotopic (exact) mass is 317 g/mol. The Morgan fingerprint density at radius 1 is 1.32 bits per heavy atom. The standard InChI is InChI=1S/C16H13ClFN3O/c1-10-8-11(17)2-3-12(10)20-13-4-5-14-16(15(13)18)19-9-21(14)6-7-22/h2-5,7-9,20H,6H2,1H3. The number of halogens is 2. The van der Waals surface area contributed by atoms with Gasteiger partial charge in [0.15, 0.2) is 5.82 Å². The van der Waals surface area contributed by atoms with Crippen molar-refractivity contribution in [1.29, 1.82) is 0 Å². The molecule has 6 heteroatoms. The van der Waals surface area contributed by atoms with Crippen LogP contribution in [0.3, 0.4) is 0 Å². The number of hydrogen-bond donors (Lipinski definition) is 1. The summed E-state index contributed by atoms with van der Waals surface area (Å²) in [7, 11) is 0. The third-order valence-corrected chi connectivity index (χ3v) is 3.69. The van der Waals surface area contributed by atoms with Gasteiger partial charge in [-0.25, -0.2) is 9.37 Å². The number of aryl methyl sites for hydroxylation is 1. The molecule has 0 spiro atoms. The number of carbonyl (C=O) groups is 1. The molecule has 112 valence electrons. The van der Waals surface area contributed by atoms with E-state index in [0.717, 1.165) is 17.5 Å². The van der Waals surface area contributed by atoms with Gasteiger partial charge in [0.05, 0.1) is 24.1 Å². The number of imidazole rings is 1. The number of aldehydes is 1. The first-order valence-corrected chi connectivity index (χ1v) is 7.08. The summed E-state index contributed by atoms with van der Waals surface area (Å²) in [5.74, 6) is -0.448. The number of rotatable bonds is 4. The van der Waals surface area contributed by atoms with Gasteiger partial charge in [0, 0.05) is 10.7 Å². The average Bonchev–Trinajstić information content (AvgIpc) is 2.89. The normalized spacial score (nSPS) is 10.9. The van der Waals surface area contributed by atoms with Crippen molar-refractivity contribution in [2.24, 2.45) is 0 Å². The molecule has 2 aromatic carbocycles. The molecule has 0 amide bonds. The fourth-order valence-electron chi connectivity index (χ4n) is 2.33. The van der Waals surface area contributed by atoms with Gasteiger partial charge in [-0.3, -0.25) is 0 Å². The molecule has 1 aromatic heterocycles. The van der Waals surface area contributed by atoms with Crippen LogP contribution in [0.4, 0.5) is 15.8 Å². The van der Waals surface area contributed by atoms with Gasteiger partial charge in [-0.05, 0) is 42.8 Å². The number of benzene rings is 2. The van der Waals surface area contributed by atoms with E-state index in [2.05, 4.69) is 10.3 Å². The van der Waals surface area contributed by atoms with E-state index in [0.29, 0.717) is 16.2 Å². The first-order chi connectivity index (χ1) is 10.6. The molecule has 1 N–H and O–H groups in total. The molecule has 0 aliphatic carbocycles. The Kier molecular flexibility index (Phi) is 3.81. The Bertz CT molecular complexity index is 860. The predicted molar refractivity (Wildman–Crippen MR) is 85.2 cm³/mol. The molecule has 0 aliphatic rings. The summed E-state index contributed by atoms with van der Waals surface area (Å²) < 4.78 is 16.2. The zero-order chi connectivity index (χ0) is 15.7. The van der Waals surface area contributed by atoms with Gasteiger partial charge < -0.3 is 14.7 Å². The van der Waals surface area contributed by atoms with Crippen LogP contribution < -0.4 is 5.32 Å². The van der Waals surface area contributed by atoms with Crippen molar-refractivity contribution in [2.75, 3.05) is 5.32 Å². The van der Waals surface area contributed by atoms with Gasteiger partial charge in [-0.1, -0.05) is 11.6 Å². The highest BCUT2D eigenvalue weighted by molar-refractivity contribution is 6.30. The van der Waals surface area contributed by atoms with Crippen molar-refractivity contribution in [3.8, 4) is 0 Å². The van der Waals surface area contributed by atoms with E-state index >= 15 is 0 Å². The van der Waals surface area contributed by atoms with E-state index in [1.807, 2.05) is 6.92 Å². The SMILES string of the molecule is Cc1cc(Cl)ccc1Nc1ccc2c(ncn2CC=O)c1F. The van der Waals surface area contributed by atoms with E-state index in [4.69, 9.17) is 11.6 Å². The molecule has 22 heavy (non-hydrogen) atoms. The molecule has 3 aromatic rings. The second kappa shape index (κ2) is 5.77. The Morgan fingerprint density at radius 2 is 2.09 bits per heavy atom. The lowest BCUT2D eigenvalue weighted by Gasteiger charge is -2.11. The summed E-state index contributed by atoms with van der Waals surface area (Å²) in [5, 5.41) is 3.68. The van der Waals surface area contributed by atoms with Crippen molar-refractivity contribution in [3.05, 3.63) is 53.1 Å². The first-order valence-electron chi connectivity index (χ1n) is 6.70. The number of nitrogens with zero attached hydrogens (tertiary/aromatic N) is 2. The summed E-state index contributed by atoms with van der Waals surface area (Å²) in [6.45, 7) is 2.04. The summed E-state index contributed by atoms with van der Waals surface area (Å²) in [6, 6.07) is 8.72. The van der Waals surface area contributed by atoms with E-state index in [-0.39, 0.29) is 12.1 Å². The van der Waals surface area contributed by atoms with Crippen LogP contribution in [-0.2, 0) is 11.3 Å². The minimum atomic E-state index is -0.448. The molecular formula is C16H13ClFN3O. The van der Waals surface area contributed by atoms with Crippen molar-refractivity contribution in [3.63, 3.8) is 0 Å². The number of aromatic nitrogens is 2. The van der Waals surface area contributed by atoms with Crippen molar-refractivity contribution >= 4 is 40.3 Å². The molecule has 0 radical (unpaired) electrons. The number of fused-ring (bicyclic) bond motifs is 1. The predicted octanol–water partition coefficient (Wildman–Crippen LogP) is 4.08. The highest BCUT2D eigenvalue weighted by Crippen LogP contribution is 2.28. The van der Waals surface area contributed by atoms with Crippen molar-refractivity contribution in [1.82, 2.24) is 9.55 Å². The van der Waals surface area contributed by atoms with Crippen LogP contribution >= 0.6 is 11.6 Å². The zero-order valence-corrected chi connectivity index (χ0v) is 12.6. The third kappa shape index (κ3) is 2.55. The second-order valence-corrected chi connectivity index (χ2v) is 5.38. The van der Waals surface area contributed by atoms with Crippen LogP contribution in [-0.4, -0.2) is 15.8 Å². The summed E-state index contributed by atoms with van der Waals surface area (Å²) in [5.41, 5.74) is 2.84. The summed E-state index contributed by atoms with van der Waals surface area (Å²) in [6.07, 6.45) is 2.21. The molecule has 0 saturated heterocycles. The van der Waals surface area contributed by atoms with Crippen molar-refractivity contribution in [2.45, 2.75) is 13.5 Å². The van der Waals surface area contributed by atoms with Gasteiger partial charge >= 0.3 is 0 Å². The van der Waals surface area contributed by atoms with Gasteiger partial charge in [0.2, 0.25) is 0 Å². The molecule has 0 atom stereocenters. The van der Waals surface area contributed by atoms with Crippen LogP contribution in [0.1, 0.15) is 5.56 Å². The van der Waals surface area contributed by atoms with Crippen LogP contribution in [0, 0.1) is 12.7 Å². The minimum absolute atomic E-state index is 0.152. The van der Waals surface area contributed by atoms with E-state index in [1.54, 1.807) is 34.9 Å². The van der Waals surface area contributed by atoms with E-state index < -0.39 is 5.82 Å². The van der Waals surface area contributed by atoms with Crippen LogP contribution in [0.15, 0.2) is 36.7 Å². The van der Waals surface area contributed by atoms with Crippen LogP contribution in [0.25, 0.3) is 11.0 Å². The maximum absolute atomic E-state index is 14.6. The molecular weight excluding hydrogens is 305 g/mol. The summed E-state index contributed by atoms with van der Waals surface area (Å²) >= 11 is 5.92. The molecule has 0 fully saturated rings. The molecule has 4 nitrogen and oxygen atoms in total. The van der Waals surface area contributed by atoms with E-state index in [1.165, 1.54) is 6.33 Å². The summed E-state index contributed by atoms with van der Waals surface area (Å²) in [4.78, 5) is 14.7. The average molecular weight is 318 g/mol. The van der Waals surface area contributed by atoms with Gasteiger partial charge in [-0.2, -0.15) is 0 Å². The maximum Gasteiger partial charge on any atom is 0.174 e. The lowest BCUT2D eigenvalue weighted by Crippen LogP contribution is -1.99. The first kappa shape index (κ1) is 14.5. The third-order valence-electron chi connectivity index (χ3n) is 3.46. The molecule has 0 bridgehead atoms. The number of nitrogens with one attached hydrogen (secondary N) is 1. The topological polar surface area (TPSA) is 46.9 Å². The smallest absolute Gasteiger partial charge is 0.174 e. The molecule has 1 heterocycles. The van der Waals surface area contributed by atoms with E-state index in [9.17, 15) is 9.18 Å². The lowest BCUT2D eigenvalue weighted by atomic mass is 10.2. The minimum Gasteiger partial charge on any atom is -0.353 e. The Labute approximate surface area is 131 Å².